The summed E-state index contributed by atoms with van der Waals surface area (Å²) in [6, 6.07) is 15.6. The van der Waals surface area contributed by atoms with Gasteiger partial charge in [-0.1, -0.05) is 28.8 Å². The van der Waals surface area contributed by atoms with Gasteiger partial charge in [-0.3, -0.25) is 10.1 Å². The molecule has 1 amide bonds. The van der Waals surface area contributed by atoms with E-state index in [2.05, 4.69) is 15.5 Å². The van der Waals surface area contributed by atoms with E-state index in [9.17, 15) is 4.79 Å². The number of nitrogens with one attached hydrogen (secondary N) is 1. The van der Waals surface area contributed by atoms with Crippen LogP contribution < -0.4 is 5.32 Å². The average molecular weight is 406 g/mol. The Balaban J connectivity index is 1.50. The van der Waals surface area contributed by atoms with Crippen molar-refractivity contribution in [2.45, 2.75) is 16.2 Å². The van der Waals surface area contributed by atoms with Gasteiger partial charge >= 0.3 is 6.01 Å². The molecule has 134 valence electrons. The minimum absolute atomic E-state index is 0.113. The highest BCUT2D eigenvalue weighted by atomic mass is 35.5. The molecule has 3 rings (SSSR count). The zero-order valence-corrected chi connectivity index (χ0v) is 16.3. The summed E-state index contributed by atoms with van der Waals surface area (Å²) >= 11 is 8.94. The fourth-order valence-corrected chi connectivity index (χ4v) is 3.36. The van der Waals surface area contributed by atoms with E-state index >= 15 is 0 Å². The van der Waals surface area contributed by atoms with E-state index in [0.29, 0.717) is 17.3 Å². The van der Waals surface area contributed by atoms with Gasteiger partial charge < -0.3 is 4.42 Å². The molecule has 0 aliphatic heterocycles. The highest BCUT2D eigenvalue weighted by Gasteiger charge is 2.11. The Labute approximate surface area is 164 Å². The summed E-state index contributed by atoms with van der Waals surface area (Å²) in [7, 11) is 0. The molecular formula is C18H16ClN3O2S2. The predicted molar refractivity (Wildman–Crippen MR) is 106 cm³/mol. The van der Waals surface area contributed by atoms with Gasteiger partial charge in [0.25, 0.3) is 0 Å². The fourth-order valence-electron chi connectivity index (χ4n) is 2.13. The van der Waals surface area contributed by atoms with Crippen molar-refractivity contribution in [2.24, 2.45) is 0 Å². The standard InChI is InChI=1S/C18H16ClN3O2S2/c1-25-14-6-2-12(3-7-14)10-17-21-22-18(24-17)20-16(23)11-26-15-8-4-13(19)5-9-15/h2-9H,10-11H2,1H3,(H,20,22,23). The smallest absolute Gasteiger partial charge is 0.322 e. The first kappa shape index (κ1) is 18.8. The first-order valence-corrected chi connectivity index (χ1v) is 10.3. The van der Waals surface area contributed by atoms with Crippen LogP contribution in [0, 0.1) is 0 Å². The molecule has 1 aromatic heterocycles. The lowest BCUT2D eigenvalue weighted by atomic mass is 10.1. The second-order valence-electron chi connectivity index (χ2n) is 5.32. The van der Waals surface area contributed by atoms with Crippen LogP contribution in [0.5, 0.6) is 0 Å². The zero-order valence-electron chi connectivity index (χ0n) is 13.9. The van der Waals surface area contributed by atoms with Crippen molar-refractivity contribution in [2.75, 3.05) is 17.3 Å². The number of aromatic nitrogens is 2. The van der Waals surface area contributed by atoms with Crippen molar-refractivity contribution in [1.29, 1.82) is 0 Å². The highest BCUT2D eigenvalue weighted by Crippen LogP contribution is 2.21. The summed E-state index contributed by atoms with van der Waals surface area (Å²) in [4.78, 5) is 14.2. The molecule has 0 saturated carbocycles. The molecule has 0 atom stereocenters. The van der Waals surface area contributed by atoms with Gasteiger partial charge in [0, 0.05) is 14.8 Å². The Morgan fingerprint density at radius 2 is 1.77 bits per heavy atom. The summed E-state index contributed by atoms with van der Waals surface area (Å²) in [5.74, 6) is 0.502. The molecule has 0 spiro atoms. The van der Waals surface area contributed by atoms with Crippen LogP contribution in [0.4, 0.5) is 6.01 Å². The third-order valence-corrected chi connectivity index (χ3v) is 5.42. The molecule has 0 bridgehead atoms. The number of nitrogens with zero attached hydrogens (tertiary/aromatic N) is 2. The summed E-state index contributed by atoms with van der Waals surface area (Å²) in [6.45, 7) is 0. The molecule has 3 aromatic rings. The van der Waals surface area contributed by atoms with Gasteiger partial charge in [0.15, 0.2) is 0 Å². The first-order valence-electron chi connectivity index (χ1n) is 7.76. The van der Waals surface area contributed by atoms with Crippen LogP contribution in [0.3, 0.4) is 0 Å². The molecule has 1 N–H and O–H groups in total. The van der Waals surface area contributed by atoms with Crippen molar-refractivity contribution in [3.05, 3.63) is 65.0 Å². The van der Waals surface area contributed by atoms with Gasteiger partial charge in [0.05, 0.1) is 12.2 Å². The molecule has 5 nitrogen and oxygen atoms in total. The first-order chi connectivity index (χ1) is 12.6. The Kier molecular flexibility index (Phi) is 6.60. The Morgan fingerprint density at radius 3 is 2.46 bits per heavy atom. The van der Waals surface area contributed by atoms with E-state index in [0.717, 1.165) is 10.5 Å². The van der Waals surface area contributed by atoms with Crippen LogP contribution in [0.15, 0.2) is 62.7 Å². The number of halogens is 1. The number of carbonyl (C=O) groups excluding carboxylic acids is 1. The molecule has 0 fully saturated rings. The number of carbonyl (C=O) groups is 1. The lowest BCUT2D eigenvalue weighted by molar-refractivity contribution is -0.113. The SMILES string of the molecule is CSc1ccc(Cc2nnc(NC(=O)CSc3ccc(Cl)cc3)o2)cc1. The van der Waals surface area contributed by atoms with Gasteiger partial charge in [-0.25, -0.2) is 0 Å². The maximum Gasteiger partial charge on any atom is 0.322 e. The largest absolute Gasteiger partial charge is 0.407 e. The molecule has 0 radical (unpaired) electrons. The summed E-state index contributed by atoms with van der Waals surface area (Å²) in [5.41, 5.74) is 1.07. The summed E-state index contributed by atoms with van der Waals surface area (Å²) in [6.07, 6.45) is 2.56. The lowest BCUT2D eigenvalue weighted by Gasteiger charge is -2.01. The molecule has 2 aromatic carbocycles. The minimum Gasteiger partial charge on any atom is -0.407 e. The molecule has 0 unspecified atom stereocenters. The van der Waals surface area contributed by atoms with Crippen LogP contribution in [-0.4, -0.2) is 28.1 Å². The molecule has 0 saturated heterocycles. The second-order valence-corrected chi connectivity index (χ2v) is 7.68. The van der Waals surface area contributed by atoms with Crippen LogP contribution in [0.2, 0.25) is 5.02 Å². The van der Waals surface area contributed by atoms with Gasteiger partial charge in [-0.15, -0.1) is 28.6 Å². The van der Waals surface area contributed by atoms with E-state index in [1.807, 2.05) is 42.7 Å². The number of amides is 1. The molecule has 0 aliphatic rings. The van der Waals surface area contributed by atoms with Crippen LogP contribution in [0.1, 0.15) is 11.5 Å². The number of thioether (sulfide) groups is 2. The third kappa shape index (κ3) is 5.52. The quantitative estimate of drug-likeness (QED) is 0.571. The molecule has 0 aliphatic carbocycles. The van der Waals surface area contributed by atoms with Crippen molar-refractivity contribution in [1.82, 2.24) is 10.2 Å². The monoisotopic (exact) mass is 405 g/mol. The van der Waals surface area contributed by atoms with Crippen LogP contribution in [-0.2, 0) is 11.2 Å². The van der Waals surface area contributed by atoms with Gasteiger partial charge in [0.2, 0.25) is 11.8 Å². The highest BCUT2D eigenvalue weighted by molar-refractivity contribution is 8.00. The minimum atomic E-state index is -0.204. The Bertz CT molecular complexity index is 867. The van der Waals surface area contributed by atoms with E-state index in [4.69, 9.17) is 16.0 Å². The Morgan fingerprint density at radius 1 is 1.08 bits per heavy atom. The van der Waals surface area contributed by atoms with Gasteiger partial charge in [-0.05, 0) is 48.2 Å². The van der Waals surface area contributed by atoms with E-state index in [1.54, 1.807) is 23.9 Å². The maximum absolute atomic E-state index is 12.0. The second kappa shape index (κ2) is 9.12. The van der Waals surface area contributed by atoms with Crippen molar-refractivity contribution < 1.29 is 9.21 Å². The van der Waals surface area contributed by atoms with Crippen molar-refractivity contribution in [3.63, 3.8) is 0 Å². The van der Waals surface area contributed by atoms with Crippen LogP contribution in [0.25, 0.3) is 0 Å². The average Bonchev–Trinajstić information content (AvgIpc) is 3.08. The zero-order chi connectivity index (χ0) is 18.4. The summed E-state index contributed by atoms with van der Waals surface area (Å²) in [5, 5.41) is 11.1. The normalized spacial score (nSPS) is 10.7. The summed E-state index contributed by atoms with van der Waals surface area (Å²) < 4.78 is 5.50. The van der Waals surface area contributed by atoms with Gasteiger partial charge in [0.1, 0.15) is 0 Å². The molecule has 1 heterocycles. The molecule has 8 heteroatoms. The van der Waals surface area contributed by atoms with E-state index in [1.165, 1.54) is 16.7 Å². The van der Waals surface area contributed by atoms with E-state index < -0.39 is 0 Å². The molecule has 26 heavy (non-hydrogen) atoms. The number of rotatable bonds is 7. The number of benzene rings is 2. The lowest BCUT2D eigenvalue weighted by Crippen LogP contribution is -2.14. The number of anilines is 1. The topological polar surface area (TPSA) is 68.0 Å². The van der Waals surface area contributed by atoms with E-state index in [-0.39, 0.29) is 17.7 Å². The van der Waals surface area contributed by atoms with Crippen LogP contribution >= 0.6 is 35.1 Å². The van der Waals surface area contributed by atoms with Gasteiger partial charge in [-0.2, -0.15) is 0 Å². The number of hydrogen-bond acceptors (Lipinski definition) is 6. The van der Waals surface area contributed by atoms with Crippen molar-refractivity contribution in [3.8, 4) is 0 Å². The fraction of sp³-hybridized carbons (Fsp3) is 0.167. The molecular weight excluding hydrogens is 390 g/mol. The third-order valence-electron chi connectivity index (χ3n) is 3.41. The predicted octanol–water partition coefficient (Wildman–Crippen LogP) is 4.77. The maximum atomic E-state index is 12.0. The number of hydrogen-bond donors (Lipinski definition) is 1. The van der Waals surface area contributed by atoms with Crippen molar-refractivity contribution >= 4 is 47.0 Å². The Hall–Kier alpha value is -1.96.